The first-order chi connectivity index (χ1) is 2.27. The number of hydrogen-bond donors (Lipinski definition) is 0. The maximum absolute atomic E-state index is 9.53. The van der Waals surface area contributed by atoms with Crippen LogP contribution in [0.25, 0.3) is 0 Å². The van der Waals surface area contributed by atoms with Crippen LogP contribution >= 0.6 is 0 Å². The Balaban J connectivity index is -0.0000000800. The third-order valence-corrected chi connectivity index (χ3v) is 0.203. The van der Waals surface area contributed by atoms with E-state index >= 15 is 0 Å². The molecule has 0 N–H and O–H groups in total. The Morgan fingerprint density at radius 3 is 1.86 bits per heavy atom. The average Bonchev–Trinajstić information content (AvgIpc) is 1.38. The zero-order chi connectivity index (χ0) is 4.28. The molecule has 0 unspecified atom stereocenters. The molecule has 0 amide bonds. The van der Waals surface area contributed by atoms with E-state index in [0.29, 0.717) is 0 Å². The van der Waals surface area contributed by atoms with Gasteiger partial charge in [-0.15, -0.1) is 0 Å². The summed E-state index contributed by atoms with van der Waals surface area (Å²) in [7, 11) is 2.84. The molecule has 0 saturated heterocycles. The van der Waals surface area contributed by atoms with Gasteiger partial charge in [0.15, 0.2) is 0 Å². The van der Waals surface area contributed by atoms with Crippen LogP contribution < -0.4 is 0 Å². The van der Waals surface area contributed by atoms with E-state index in [-0.39, 0.29) is 46.1 Å². The first-order valence-electron chi connectivity index (χ1n) is 1.20. The predicted molar refractivity (Wildman–Crippen MR) is 23.5 cm³/mol. The minimum Gasteiger partial charge on any atom is -0.640 e. The van der Waals surface area contributed by atoms with Gasteiger partial charge in [-0.3, -0.25) is 4.79 Å². The van der Waals surface area contributed by atoms with Gasteiger partial charge in [-0.25, -0.2) is 0 Å². The van der Waals surface area contributed by atoms with Crippen LogP contribution in [-0.4, -0.2) is 5.97 Å². The van der Waals surface area contributed by atoms with Crippen LogP contribution in [-0.2, 0) is 42.2 Å². The van der Waals surface area contributed by atoms with Crippen molar-refractivity contribution in [1.29, 1.82) is 0 Å². The quantitative estimate of drug-likeness (QED) is 0.403. The van der Waals surface area contributed by atoms with Crippen molar-refractivity contribution in [3.05, 3.63) is 14.5 Å². The van der Waals surface area contributed by atoms with Gasteiger partial charge in [-0.2, -0.15) is 7.11 Å². The summed E-state index contributed by atoms with van der Waals surface area (Å²) >= 11 is 0. The number of hydrogen-bond acceptors (Lipinski definition) is 2. The molecule has 0 aromatic rings. The van der Waals surface area contributed by atoms with E-state index in [9.17, 15) is 4.79 Å². The van der Waals surface area contributed by atoms with Gasteiger partial charge in [0.1, 0.15) is 0 Å². The Kier molecular flexibility index (Phi) is 21.8. The summed E-state index contributed by atoms with van der Waals surface area (Å²) in [4.78, 5) is 9.53. The van der Waals surface area contributed by atoms with Crippen molar-refractivity contribution in [2.75, 3.05) is 0 Å². The van der Waals surface area contributed by atoms with Crippen molar-refractivity contribution >= 4 is 5.97 Å². The molecule has 0 aromatic carbocycles. The van der Waals surface area contributed by atoms with Crippen LogP contribution in [0, 0.1) is 14.5 Å². The number of carbonyl (C=O) groups is 1. The van der Waals surface area contributed by atoms with Crippen LogP contribution in [0.4, 0.5) is 0 Å². The molecular formula is C4H8O2Y-2. The molecule has 1 radical (unpaired) electrons. The van der Waals surface area contributed by atoms with Crippen LogP contribution in [0.3, 0.4) is 0 Å². The van der Waals surface area contributed by atoms with Crippen molar-refractivity contribution in [2.45, 2.75) is 6.92 Å². The van der Waals surface area contributed by atoms with Crippen molar-refractivity contribution in [3.8, 4) is 0 Å². The first kappa shape index (κ1) is 15.6. The van der Waals surface area contributed by atoms with Gasteiger partial charge >= 0.3 is 0 Å². The Labute approximate surface area is 69.5 Å². The van der Waals surface area contributed by atoms with Crippen LogP contribution in [0.1, 0.15) is 6.92 Å². The average molecular weight is 177 g/mol. The Hall–Kier alpha value is 0.574. The molecule has 0 aliphatic heterocycles. The molecule has 0 fully saturated rings. The zero-order valence-electron chi connectivity index (χ0n) is 4.60. The summed E-state index contributed by atoms with van der Waals surface area (Å²) in [5.41, 5.74) is 0. The second-order valence-electron chi connectivity index (χ2n) is 0.636. The van der Waals surface area contributed by atoms with Crippen molar-refractivity contribution in [3.63, 3.8) is 0 Å². The van der Waals surface area contributed by atoms with E-state index < -0.39 is 0 Å². The van der Waals surface area contributed by atoms with Gasteiger partial charge in [0.25, 0.3) is 5.97 Å². The minimum atomic E-state index is -0.356. The molecule has 0 heterocycles. The molecule has 0 aliphatic rings. The van der Waals surface area contributed by atoms with Gasteiger partial charge in [0, 0.05) is 39.6 Å². The summed E-state index contributed by atoms with van der Waals surface area (Å²) < 4.78 is 3.86. The molecule has 3 heteroatoms. The fourth-order valence-electron chi connectivity index (χ4n) is 0. The fraction of sp³-hybridized carbons (Fsp3) is 0.250. The maximum Gasteiger partial charge on any atom is 0.270 e. The van der Waals surface area contributed by atoms with Gasteiger partial charge < -0.3 is 12.2 Å². The van der Waals surface area contributed by atoms with Crippen LogP contribution in [0.2, 0.25) is 0 Å². The van der Waals surface area contributed by atoms with Gasteiger partial charge in [-0.1, -0.05) is 0 Å². The van der Waals surface area contributed by atoms with Gasteiger partial charge in [-0.05, 0) is 0 Å². The molecule has 0 aromatic heterocycles. The molecule has 0 bridgehead atoms. The van der Waals surface area contributed by atoms with Crippen molar-refractivity contribution in [2.24, 2.45) is 0 Å². The minimum absolute atomic E-state index is 0. The van der Waals surface area contributed by atoms with Gasteiger partial charge in [0.05, 0.1) is 0 Å². The monoisotopic (exact) mass is 177 g/mol. The summed E-state index contributed by atoms with van der Waals surface area (Å²) in [5, 5.41) is 0. The van der Waals surface area contributed by atoms with E-state index in [2.05, 4.69) is 11.8 Å². The number of carbonyl (C=O) groups excluding carboxylic acids is 1. The topological polar surface area (TPSA) is 26.3 Å². The fourth-order valence-corrected chi connectivity index (χ4v) is 0. The largest absolute Gasteiger partial charge is 0.640 e. The van der Waals surface area contributed by atoms with E-state index in [0.717, 1.165) is 0 Å². The number of ether oxygens (including phenoxy) is 1. The molecule has 41 valence electrons. The van der Waals surface area contributed by atoms with E-state index in [1.165, 1.54) is 6.92 Å². The Bertz CT molecular complexity index is 45.0. The third kappa shape index (κ3) is 20.8. The molecule has 0 rings (SSSR count). The predicted octanol–water partition coefficient (Wildman–Crippen LogP) is 0.789. The number of esters is 1. The molecule has 7 heavy (non-hydrogen) atoms. The molecule has 2 nitrogen and oxygen atoms in total. The normalized spacial score (nSPS) is 4.86. The van der Waals surface area contributed by atoms with E-state index in [1.807, 2.05) is 0 Å². The summed E-state index contributed by atoms with van der Waals surface area (Å²) in [6.45, 7) is 1.30. The second-order valence-corrected chi connectivity index (χ2v) is 0.636. The third-order valence-electron chi connectivity index (χ3n) is 0.203. The SMILES string of the molecule is [CH2-]OC(C)=O.[CH3-].[Y]. The van der Waals surface area contributed by atoms with Crippen molar-refractivity contribution < 1.29 is 42.2 Å². The summed E-state index contributed by atoms with van der Waals surface area (Å²) in [6, 6.07) is 0. The zero-order valence-corrected chi connectivity index (χ0v) is 7.44. The molecular weight excluding hydrogens is 169 g/mol. The number of rotatable bonds is 0. The van der Waals surface area contributed by atoms with Crippen LogP contribution in [0.15, 0.2) is 0 Å². The Morgan fingerprint density at radius 2 is 1.86 bits per heavy atom. The van der Waals surface area contributed by atoms with E-state index in [4.69, 9.17) is 0 Å². The maximum atomic E-state index is 9.53. The smallest absolute Gasteiger partial charge is 0.270 e. The molecule has 0 saturated carbocycles. The second kappa shape index (κ2) is 9.76. The summed E-state index contributed by atoms with van der Waals surface area (Å²) in [5.74, 6) is -0.356. The van der Waals surface area contributed by atoms with Crippen LogP contribution in [0.5, 0.6) is 0 Å². The molecule has 0 aliphatic carbocycles. The van der Waals surface area contributed by atoms with Crippen molar-refractivity contribution in [1.82, 2.24) is 0 Å². The molecule has 0 atom stereocenters. The molecule has 0 spiro atoms. The van der Waals surface area contributed by atoms with Gasteiger partial charge in [0.2, 0.25) is 0 Å². The van der Waals surface area contributed by atoms with E-state index in [1.54, 1.807) is 0 Å². The Morgan fingerprint density at radius 1 is 1.71 bits per heavy atom. The summed E-state index contributed by atoms with van der Waals surface area (Å²) in [6.07, 6.45) is 0. The first-order valence-corrected chi connectivity index (χ1v) is 1.20. The standard InChI is InChI=1S/C3H5O2.CH3.Y/c1-3(4)5-2;;/h2H2,1H3;1H3;/q2*-1;.